The number of hydrogen-bond donors (Lipinski definition) is 0. The Balaban J connectivity index is 1.75. The molecule has 80 valence electrons. The molecule has 2 aliphatic rings. The van der Waals surface area contributed by atoms with Crippen LogP contribution in [0.3, 0.4) is 0 Å². The molecule has 1 aliphatic carbocycles. The van der Waals surface area contributed by atoms with E-state index in [-0.39, 0.29) is 0 Å². The van der Waals surface area contributed by atoms with Gasteiger partial charge in [0.25, 0.3) is 0 Å². The van der Waals surface area contributed by atoms with Crippen molar-refractivity contribution in [2.24, 2.45) is 17.8 Å². The number of rotatable bonds is 3. The first-order valence-corrected chi connectivity index (χ1v) is 7.01. The van der Waals surface area contributed by atoms with Crippen molar-refractivity contribution in [2.45, 2.75) is 39.0 Å². The van der Waals surface area contributed by atoms with Crippen molar-refractivity contribution in [2.75, 3.05) is 11.5 Å². The normalized spacial score (nSPS) is 33.8. The fraction of sp³-hybridized carbons (Fsp3) is 0.917. The second-order valence-electron chi connectivity index (χ2n) is 5.04. The fourth-order valence-corrected chi connectivity index (χ4v) is 3.46. The molecule has 2 rings (SSSR count). The molecule has 0 spiro atoms. The van der Waals surface area contributed by atoms with E-state index >= 15 is 0 Å². The van der Waals surface area contributed by atoms with Gasteiger partial charge in [0, 0.05) is 23.8 Å². The van der Waals surface area contributed by atoms with Gasteiger partial charge in [-0.05, 0) is 18.3 Å². The molecule has 0 bridgehead atoms. The van der Waals surface area contributed by atoms with Crippen LogP contribution in [0.4, 0.5) is 0 Å². The number of carbonyl (C=O) groups is 1. The number of ketones is 1. The zero-order valence-corrected chi connectivity index (χ0v) is 9.81. The topological polar surface area (TPSA) is 17.1 Å². The van der Waals surface area contributed by atoms with Crippen LogP contribution in [0.15, 0.2) is 0 Å². The third-order valence-corrected chi connectivity index (χ3v) is 4.90. The van der Waals surface area contributed by atoms with Crippen LogP contribution in [0.2, 0.25) is 0 Å². The third-order valence-electron chi connectivity index (χ3n) is 3.63. The molecule has 1 aliphatic heterocycles. The highest BCUT2D eigenvalue weighted by Gasteiger charge is 2.29. The molecule has 1 nitrogen and oxygen atoms in total. The summed E-state index contributed by atoms with van der Waals surface area (Å²) >= 11 is 1.92. The van der Waals surface area contributed by atoms with Gasteiger partial charge in [-0.15, -0.1) is 0 Å². The molecule has 0 aromatic heterocycles. The standard InChI is InChI=1S/C12H20OS/c1-9-3-2-4-10(5-9)6-12(13)11-7-14-8-11/h9-11H,2-8H2,1H3. The molecule has 2 unspecified atom stereocenters. The molecule has 0 aromatic carbocycles. The van der Waals surface area contributed by atoms with Crippen molar-refractivity contribution in [1.82, 2.24) is 0 Å². The summed E-state index contributed by atoms with van der Waals surface area (Å²) in [5, 5.41) is 0. The summed E-state index contributed by atoms with van der Waals surface area (Å²) in [5.74, 6) is 4.76. The lowest BCUT2D eigenvalue weighted by Gasteiger charge is -2.29. The van der Waals surface area contributed by atoms with Gasteiger partial charge in [0.1, 0.15) is 5.78 Å². The van der Waals surface area contributed by atoms with Gasteiger partial charge in [-0.1, -0.05) is 26.2 Å². The Kier molecular flexibility index (Phi) is 3.53. The van der Waals surface area contributed by atoms with Gasteiger partial charge >= 0.3 is 0 Å². The summed E-state index contributed by atoms with van der Waals surface area (Å²) in [6, 6.07) is 0. The Morgan fingerprint density at radius 1 is 1.36 bits per heavy atom. The summed E-state index contributed by atoms with van der Waals surface area (Å²) in [5.41, 5.74) is 0. The quantitative estimate of drug-likeness (QED) is 0.715. The molecule has 0 N–H and O–H groups in total. The summed E-state index contributed by atoms with van der Waals surface area (Å²) in [4.78, 5) is 11.8. The molecule has 0 aromatic rings. The molecule has 0 radical (unpaired) electrons. The van der Waals surface area contributed by atoms with Crippen LogP contribution in [-0.2, 0) is 4.79 Å². The second kappa shape index (κ2) is 4.69. The van der Waals surface area contributed by atoms with Crippen molar-refractivity contribution in [1.29, 1.82) is 0 Å². The first-order valence-electron chi connectivity index (χ1n) is 5.86. The van der Waals surface area contributed by atoms with E-state index in [1.807, 2.05) is 11.8 Å². The van der Waals surface area contributed by atoms with Crippen molar-refractivity contribution in [3.05, 3.63) is 0 Å². The van der Waals surface area contributed by atoms with Crippen LogP contribution in [0.25, 0.3) is 0 Å². The van der Waals surface area contributed by atoms with Crippen LogP contribution in [0.1, 0.15) is 39.0 Å². The molecule has 1 heterocycles. The SMILES string of the molecule is CC1CCCC(CC(=O)C2CSC2)C1. The monoisotopic (exact) mass is 212 g/mol. The summed E-state index contributed by atoms with van der Waals surface area (Å²) in [6.07, 6.45) is 6.21. The molecule has 2 atom stereocenters. The highest BCUT2D eigenvalue weighted by atomic mass is 32.2. The van der Waals surface area contributed by atoms with Crippen LogP contribution in [-0.4, -0.2) is 17.3 Å². The summed E-state index contributed by atoms with van der Waals surface area (Å²) < 4.78 is 0. The lowest BCUT2D eigenvalue weighted by atomic mass is 9.79. The molecular weight excluding hydrogens is 192 g/mol. The van der Waals surface area contributed by atoms with Gasteiger partial charge in [-0.25, -0.2) is 0 Å². The fourth-order valence-electron chi connectivity index (χ4n) is 2.62. The van der Waals surface area contributed by atoms with Gasteiger partial charge in [0.05, 0.1) is 0 Å². The predicted octanol–water partition coefficient (Wildman–Crippen LogP) is 3.13. The maximum atomic E-state index is 11.8. The van der Waals surface area contributed by atoms with E-state index in [2.05, 4.69) is 6.92 Å². The first-order chi connectivity index (χ1) is 6.75. The number of hydrogen-bond acceptors (Lipinski definition) is 2. The second-order valence-corrected chi connectivity index (χ2v) is 6.12. The van der Waals surface area contributed by atoms with Gasteiger partial charge in [0.15, 0.2) is 0 Å². The van der Waals surface area contributed by atoms with Crippen molar-refractivity contribution in [3.8, 4) is 0 Å². The highest BCUT2D eigenvalue weighted by molar-refractivity contribution is 8.00. The van der Waals surface area contributed by atoms with Crippen LogP contribution >= 0.6 is 11.8 Å². The van der Waals surface area contributed by atoms with Crippen molar-refractivity contribution < 1.29 is 4.79 Å². The third kappa shape index (κ3) is 2.53. The van der Waals surface area contributed by atoms with E-state index < -0.39 is 0 Å². The van der Waals surface area contributed by atoms with Crippen molar-refractivity contribution >= 4 is 17.5 Å². The molecule has 1 saturated carbocycles. The van der Waals surface area contributed by atoms with E-state index in [1.165, 1.54) is 25.7 Å². The van der Waals surface area contributed by atoms with E-state index in [1.54, 1.807) is 0 Å². The zero-order chi connectivity index (χ0) is 9.97. The van der Waals surface area contributed by atoms with E-state index in [0.717, 1.165) is 29.8 Å². The lowest BCUT2D eigenvalue weighted by molar-refractivity contribution is -0.123. The number of carbonyl (C=O) groups excluding carboxylic acids is 1. The molecule has 2 fully saturated rings. The predicted molar refractivity (Wildman–Crippen MR) is 61.6 cm³/mol. The molecular formula is C12H20OS. The zero-order valence-electron chi connectivity index (χ0n) is 9.00. The van der Waals surface area contributed by atoms with Crippen LogP contribution in [0, 0.1) is 17.8 Å². The first kappa shape index (κ1) is 10.5. The summed E-state index contributed by atoms with van der Waals surface area (Å²) in [7, 11) is 0. The molecule has 1 saturated heterocycles. The highest BCUT2D eigenvalue weighted by Crippen LogP contribution is 2.33. The number of Topliss-reactive ketones (excluding diaryl/α,β-unsaturated/α-hetero) is 1. The lowest BCUT2D eigenvalue weighted by Crippen LogP contribution is -2.30. The molecule has 2 heteroatoms. The number of thioether (sulfide) groups is 1. The van der Waals surface area contributed by atoms with Crippen LogP contribution in [0.5, 0.6) is 0 Å². The Hall–Kier alpha value is 0.0200. The van der Waals surface area contributed by atoms with E-state index in [4.69, 9.17) is 0 Å². The minimum atomic E-state index is 0.428. The molecule has 14 heavy (non-hydrogen) atoms. The Bertz CT molecular complexity index is 210. The van der Waals surface area contributed by atoms with E-state index in [9.17, 15) is 4.79 Å². The van der Waals surface area contributed by atoms with Gasteiger partial charge in [-0.3, -0.25) is 4.79 Å². The molecule has 0 amide bonds. The maximum absolute atomic E-state index is 11.8. The summed E-state index contributed by atoms with van der Waals surface area (Å²) in [6.45, 7) is 2.33. The smallest absolute Gasteiger partial charge is 0.137 e. The average Bonchev–Trinajstić information content (AvgIpc) is 1.99. The van der Waals surface area contributed by atoms with Crippen LogP contribution < -0.4 is 0 Å². The maximum Gasteiger partial charge on any atom is 0.137 e. The minimum absolute atomic E-state index is 0.428. The van der Waals surface area contributed by atoms with Gasteiger partial charge in [0.2, 0.25) is 0 Å². The minimum Gasteiger partial charge on any atom is -0.299 e. The Morgan fingerprint density at radius 3 is 2.71 bits per heavy atom. The largest absolute Gasteiger partial charge is 0.299 e. The average molecular weight is 212 g/mol. The van der Waals surface area contributed by atoms with E-state index in [0.29, 0.717) is 11.7 Å². The Labute approximate surface area is 91.0 Å². The van der Waals surface area contributed by atoms with Gasteiger partial charge in [-0.2, -0.15) is 11.8 Å². The Morgan fingerprint density at radius 2 is 2.14 bits per heavy atom. The van der Waals surface area contributed by atoms with Gasteiger partial charge < -0.3 is 0 Å². The van der Waals surface area contributed by atoms with Crippen molar-refractivity contribution in [3.63, 3.8) is 0 Å².